The number of rotatable bonds is 6. The fraction of sp³-hybridized carbons (Fsp3) is 0.310. The normalized spacial score (nSPS) is 16.2. The average molecular weight is 522 g/mol. The van der Waals surface area contributed by atoms with E-state index in [0.717, 1.165) is 90.1 Å². The predicted octanol–water partition coefficient (Wildman–Crippen LogP) is 3.20. The van der Waals surface area contributed by atoms with Gasteiger partial charge in [-0.1, -0.05) is 18.2 Å². The second-order valence-corrected chi connectivity index (χ2v) is 9.84. The standard InChI is InChI=1S/C29H31N9O/c1-2-4-23-21(3-1)5-7-26(34-23)31-20-24-28(22-6-8-27(32-19-22)37-13-11-30-12-14-37)38-29(35-24)25(9-10-33-38)36-15-17-39-18-16-36/h1-10,19,30H,11-18,20H2,(H,31,34). The Hall–Kier alpha value is -4.28. The molecule has 5 aromatic rings. The van der Waals surface area contributed by atoms with Crippen molar-refractivity contribution < 1.29 is 4.74 Å². The first-order valence-electron chi connectivity index (χ1n) is 13.5. The Morgan fingerprint density at radius 1 is 0.872 bits per heavy atom. The number of morpholine rings is 1. The van der Waals surface area contributed by atoms with Gasteiger partial charge in [-0.15, -0.1) is 0 Å². The number of nitrogens with zero attached hydrogens (tertiary/aromatic N) is 7. The number of fused-ring (bicyclic) bond motifs is 2. The highest BCUT2D eigenvalue weighted by molar-refractivity contribution is 5.80. The number of pyridine rings is 2. The number of benzene rings is 1. The summed E-state index contributed by atoms with van der Waals surface area (Å²) in [5.41, 5.74) is 5.68. The van der Waals surface area contributed by atoms with Crippen molar-refractivity contribution in [3.63, 3.8) is 0 Å². The Morgan fingerprint density at radius 3 is 2.59 bits per heavy atom. The molecule has 2 N–H and O–H groups in total. The van der Waals surface area contributed by atoms with E-state index in [1.807, 2.05) is 47.2 Å². The summed E-state index contributed by atoms with van der Waals surface area (Å²) in [6.45, 7) is 7.46. The van der Waals surface area contributed by atoms with Crippen LogP contribution in [0.25, 0.3) is 27.8 Å². The highest BCUT2D eigenvalue weighted by atomic mass is 16.5. The van der Waals surface area contributed by atoms with Crippen molar-refractivity contribution in [2.45, 2.75) is 6.54 Å². The molecule has 39 heavy (non-hydrogen) atoms. The lowest BCUT2D eigenvalue weighted by molar-refractivity contribution is 0.123. The van der Waals surface area contributed by atoms with E-state index < -0.39 is 0 Å². The maximum absolute atomic E-state index is 5.59. The number of hydrogen-bond acceptors (Lipinski definition) is 9. The van der Waals surface area contributed by atoms with Crippen LogP contribution in [0.15, 0.2) is 67.0 Å². The van der Waals surface area contributed by atoms with Crippen LogP contribution in [0.3, 0.4) is 0 Å². The van der Waals surface area contributed by atoms with Gasteiger partial charge in [0.05, 0.1) is 48.5 Å². The maximum Gasteiger partial charge on any atom is 0.178 e. The van der Waals surface area contributed by atoms with Gasteiger partial charge < -0.3 is 25.2 Å². The van der Waals surface area contributed by atoms with Gasteiger partial charge in [0.25, 0.3) is 0 Å². The SMILES string of the molecule is c1ccc2nc(NCc3nc4c(N5CCOCC5)ccnn4c3-c3ccc(N4CCNCC4)nc3)ccc2c1. The van der Waals surface area contributed by atoms with Gasteiger partial charge in [-0.3, -0.25) is 0 Å². The molecule has 4 aromatic heterocycles. The van der Waals surface area contributed by atoms with E-state index in [4.69, 9.17) is 24.8 Å². The van der Waals surface area contributed by atoms with Crippen LogP contribution in [-0.2, 0) is 11.3 Å². The number of ether oxygens (including phenoxy) is 1. The van der Waals surface area contributed by atoms with Gasteiger partial charge in [-0.05, 0) is 36.4 Å². The predicted molar refractivity (Wildman–Crippen MR) is 153 cm³/mol. The third-order valence-corrected chi connectivity index (χ3v) is 7.42. The minimum Gasteiger partial charge on any atom is -0.378 e. The summed E-state index contributed by atoms with van der Waals surface area (Å²) < 4.78 is 7.55. The van der Waals surface area contributed by atoms with Crippen LogP contribution in [0.2, 0.25) is 0 Å². The Morgan fingerprint density at radius 2 is 1.74 bits per heavy atom. The lowest BCUT2D eigenvalue weighted by Gasteiger charge is -2.28. The quantitative estimate of drug-likeness (QED) is 0.349. The van der Waals surface area contributed by atoms with Crippen molar-refractivity contribution in [1.29, 1.82) is 0 Å². The molecular formula is C29H31N9O. The number of anilines is 3. The highest BCUT2D eigenvalue weighted by Gasteiger charge is 2.22. The molecule has 2 saturated heterocycles. The molecule has 0 bridgehead atoms. The summed E-state index contributed by atoms with van der Waals surface area (Å²) in [7, 11) is 0. The molecule has 0 atom stereocenters. The maximum atomic E-state index is 5.59. The van der Waals surface area contributed by atoms with Crippen molar-refractivity contribution in [2.24, 2.45) is 0 Å². The Balaban J connectivity index is 1.26. The number of piperazine rings is 1. The first-order chi connectivity index (χ1) is 19.3. The van der Waals surface area contributed by atoms with Gasteiger partial charge in [0.1, 0.15) is 11.6 Å². The molecule has 1 aromatic carbocycles. The minimum atomic E-state index is 0.506. The number of aromatic nitrogens is 5. The van der Waals surface area contributed by atoms with Crippen molar-refractivity contribution in [2.75, 3.05) is 67.6 Å². The summed E-state index contributed by atoms with van der Waals surface area (Å²) >= 11 is 0. The highest BCUT2D eigenvalue weighted by Crippen LogP contribution is 2.30. The van der Waals surface area contributed by atoms with Gasteiger partial charge in [-0.2, -0.15) is 5.10 Å². The third kappa shape index (κ3) is 4.73. The number of imidazole rings is 1. The Kier molecular flexibility index (Phi) is 6.39. The van der Waals surface area contributed by atoms with E-state index in [1.54, 1.807) is 0 Å². The number of hydrogen-bond donors (Lipinski definition) is 2. The van der Waals surface area contributed by atoms with Crippen molar-refractivity contribution in [3.05, 3.63) is 72.7 Å². The second kappa shape index (κ2) is 10.5. The van der Waals surface area contributed by atoms with E-state index in [0.29, 0.717) is 19.8 Å². The van der Waals surface area contributed by atoms with Crippen LogP contribution in [0.5, 0.6) is 0 Å². The third-order valence-electron chi connectivity index (χ3n) is 7.42. The second-order valence-electron chi connectivity index (χ2n) is 9.84. The van der Waals surface area contributed by atoms with Crippen LogP contribution >= 0.6 is 0 Å². The van der Waals surface area contributed by atoms with E-state index in [-0.39, 0.29) is 0 Å². The molecule has 0 aliphatic carbocycles. The molecular weight excluding hydrogens is 490 g/mol. The molecule has 2 aliphatic rings. The molecule has 2 aliphatic heterocycles. The van der Waals surface area contributed by atoms with Crippen LogP contribution in [-0.4, -0.2) is 77.0 Å². The van der Waals surface area contributed by atoms with E-state index >= 15 is 0 Å². The molecule has 2 fully saturated rings. The van der Waals surface area contributed by atoms with Crippen LogP contribution in [0.4, 0.5) is 17.3 Å². The lowest BCUT2D eigenvalue weighted by Crippen LogP contribution is -2.43. The van der Waals surface area contributed by atoms with Crippen LogP contribution < -0.4 is 20.4 Å². The van der Waals surface area contributed by atoms with Gasteiger partial charge >= 0.3 is 0 Å². The zero-order chi connectivity index (χ0) is 26.0. The van der Waals surface area contributed by atoms with Crippen LogP contribution in [0, 0.1) is 0 Å². The summed E-state index contributed by atoms with van der Waals surface area (Å²) in [4.78, 5) is 19.4. The zero-order valence-corrected chi connectivity index (χ0v) is 21.8. The number of para-hydroxylation sites is 1. The molecule has 0 saturated carbocycles. The Bertz CT molecular complexity index is 1590. The number of nitrogens with one attached hydrogen (secondary N) is 2. The summed E-state index contributed by atoms with van der Waals surface area (Å²) in [6.07, 6.45) is 3.80. The lowest BCUT2D eigenvalue weighted by atomic mass is 10.1. The summed E-state index contributed by atoms with van der Waals surface area (Å²) in [5.74, 6) is 1.81. The fourth-order valence-electron chi connectivity index (χ4n) is 5.39. The van der Waals surface area contributed by atoms with Crippen LogP contribution in [0.1, 0.15) is 5.69 Å². The smallest absolute Gasteiger partial charge is 0.178 e. The van der Waals surface area contributed by atoms with E-state index in [2.05, 4.69) is 44.7 Å². The molecule has 0 spiro atoms. The van der Waals surface area contributed by atoms with Gasteiger partial charge in [0, 0.05) is 56.4 Å². The monoisotopic (exact) mass is 521 g/mol. The van der Waals surface area contributed by atoms with E-state index in [1.165, 1.54) is 0 Å². The van der Waals surface area contributed by atoms with Gasteiger partial charge in [0.2, 0.25) is 0 Å². The summed E-state index contributed by atoms with van der Waals surface area (Å²) in [6, 6.07) is 18.5. The van der Waals surface area contributed by atoms with Gasteiger partial charge in [0.15, 0.2) is 5.65 Å². The molecule has 7 rings (SSSR count). The molecule has 198 valence electrons. The first kappa shape index (κ1) is 23.8. The average Bonchev–Trinajstić information content (AvgIpc) is 3.39. The van der Waals surface area contributed by atoms with Crippen molar-refractivity contribution in [3.8, 4) is 11.3 Å². The largest absolute Gasteiger partial charge is 0.378 e. The topological polar surface area (TPSA) is 95.7 Å². The minimum absolute atomic E-state index is 0.506. The molecule has 10 heteroatoms. The zero-order valence-electron chi connectivity index (χ0n) is 21.8. The molecule has 0 radical (unpaired) electrons. The molecule has 10 nitrogen and oxygen atoms in total. The summed E-state index contributed by atoms with van der Waals surface area (Å²) in [5, 5.41) is 12.8. The van der Waals surface area contributed by atoms with E-state index in [9.17, 15) is 0 Å². The van der Waals surface area contributed by atoms with Crippen molar-refractivity contribution in [1.82, 2.24) is 29.9 Å². The molecule has 0 amide bonds. The molecule has 6 heterocycles. The molecule has 0 unspecified atom stereocenters. The van der Waals surface area contributed by atoms with Gasteiger partial charge in [-0.25, -0.2) is 19.5 Å². The fourth-order valence-corrected chi connectivity index (χ4v) is 5.39. The first-order valence-corrected chi connectivity index (χ1v) is 13.5. The van der Waals surface area contributed by atoms with Crippen molar-refractivity contribution >= 4 is 33.9 Å². The Labute approximate surface area is 226 Å².